The molecule has 1 aromatic rings. The Morgan fingerprint density at radius 1 is 1.18 bits per heavy atom. The molecule has 0 unspecified atom stereocenters. The number of halogens is 1. The average Bonchev–Trinajstić information content (AvgIpc) is 2.96. The molecule has 2 saturated heterocycles. The van der Waals surface area contributed by atoms with Crippen LogP contribution in [0.4, 0.5) is 4.39 Å². The van der Waals surface area contributed by atoms with Gasteiger partial charge in [-0.25, -0.2) is 4.39 Å². The molecule has 2 aliphatic rings. The van der Waals surface area contributed by atoms with Gasteiger partial charge in [0.05, 0.1) is 0 Å². The lowest BCUT2D eigenvalue weighted by Gasteiger charge is -2.33. The van der Waals surface area contributed by atoms with Gasteiger partial charge in [-0.3, -0.25) is 9.59 Å². The van der Waals surface area contributed by atoms with Crippen molar-refractivity contribution in [3.63, 3.8) is 0 Å². The summed E-state index contributed by atoms with van der Waals surface area (Å²) in [4.78, 5) is 25.3. The first-order chi connectivity index (χ1) is 10.6. The van der Waals surface area contributed by atoms with Crippen LogP contribution in [-0.2, 0) is 9.59 Å². The number of carbonyl (C=O) groups excluding carboxylic acids is 2. The second kappa shape index (κ2) is 6.34. The molecule has 0 bridgehead atoms. The van der Waals surface area contributed by atoms with Gasteiger partial charge in [0.15, 0.2) is 0 Å². The van der Waals surface area contributed by atoms with Gasteiger partial charge in [-0.15, -0.1) is 0 Å². The highest BCUT2D eigenvalue weighted by Gasteiger charge is 2.32. The summed E-state index contributed by atoms with van der Waals surface area (Å²) in [7, 11) is 0. The van der Waals surface area contributed by atoms with Crippen molar-refractivity contribution in [2.45, 2.75) is 37.8 Å². The second-order valence-electron chi connectivity index (χ2n) is 5.76. The Morgan fingerprint density at radius 2 is 1.86 bits per heavy atom. The number of ether oxygens (including phenoxy) is 1. The molecule has 0 aliphatic carbocycles. The van der Waals surface area contributed by atoms with Gasteiger partial charge in [0.2, 0.25) is 11.8 Å². The van der Waals surface area contributed by atoms with E-state index in [0.29, 0.717) is 31.7 Å². The summed E-state index contributed by atoms with van der Waals surface area (Å²) in [6.07, 6.45) is 2.53. The number of likely N-dealkylation sites (tertiary alicyclic amines) is 1. The monoisotopic (exact) mass is 306 g/mol. The maximum atomic E-state index is 12.9. The minimum atomic E-state index is -0.359. The van der Waals surface area contributed by atoms with Gasteiger partial charge in [0.1, 0.15) is 23.7 Å². The predicted octanol–water partition coefficient (Wildman–Crippen LogP) is 1.47. The average molecular weight is 306 g/mol. The molecule has 118 valence electrons. The highest BCUT2D eigenvalue weighted by atomic mass is 19.1. The van der Waals surface area contributed by atoms with Crippen LogP contribution in [0, 0.1) is 5.82 Å². The molecule has 2 heterocycles. The van der Waals surface area contributed by atoms with Crippen molar-refractivity contribution >= 4 is 11.8 Å². The van der Waals surface area contributed by atoms with Crippen molar-refractivity contribution < 1.29 is 18.7 Å². The third-order valence-electron chi connectivity index (χ3n) is 4.16. The molecule has 0 saturated carbocycles. The molecule has 0 radical (unpaired) electrons. The molecule has 2 aliphatic heterocycles. The minimum absolute atomic E-state index is 0.00563. The Labute approximate surface area is 128 Å². The Hall–Kier alpha value is -2.11. The van der Waals surface area contributed by atoms with Crippen molar-refractivity contribution in [2.75, 3.05) is 13.1 Å². The van der Waals surface area contributed by atoms with Crippen LogP contribution >= 0.6 is 0 Å². The SMILES string of the molecule is O=C1CC[C@H](C(=O)N2CCC(Oc3ccc(F)cc3)CC2)N1. The molecule has 22 heavy (non-hydrogen) atoms. The predicted molar refractivity (Wildman–Crippen MR) is 77.8 cm³/mol. The highest BCUT2D eigenvalue weighted by Crippen LogP contribution is 2.20. The lowest BCUT2D eigenvalue weighted by molar-refractivity contribution is -0.136. The van der Waals surface area contributed by atoms with E-state index in [1.54, 1.807) is 17.0 Å². The second-order valence-corrected chi connectivity index (χ2v) is 5.76. The summed E-state index contributed by atoms with van der Waals surface area (Å²) in [5.74, 6) is 0.319. The Balaban J connectivity index is 1.48. The van der Waals surface area contributed by atoms with Crippen molar-refractivity contribution in [3.8, 4) is 5.75 Å². The highest BCUT2D eigenvalue weighted by molar-refractivity contribution is 5.90. The third kappa shape index (κ3) is 3.37. The maximum absolute atomic E-state index is 12.9. The topological polar surface area (TPSA) is 58.6 Å². The molecule has 6 heteroatoms. The molecule has 1 aromatic carbocycles. The third-order valence-corrected chi connectivity index (χ3v) is 4.16. The Morgan fingerprint density at radius 3 is 2.45 bits per heavy atom. The van der Waals surface area contributed by atoms with E-state index in [1.807, 2.05) is 0 Å². The van der Waals surface area contributed by atoms with Crippen LogP contribution in [0.2, 0.25) is 0 Å². The largest absolute Gasteiger partial charge is 0.490 e. The standard InChI is InChI=1S/C16H19FN2O3/c17-11-1-3-12(4-2-11)22-13-7-9-19(10-8-13)16(21)14-5-6-15(20)18-14/h1-4,13-14H,5-10H2,(H,18,20)/t14-/m1/s1. The van der Waals surface area contributed by atoms with E-state index in [1.165, 1.54) is 12.1 Å². The van der Waals surface area contributed by atoms with Gasteiger partial charge in [0, 0.05) is 32.4 Å². The molecule has 2 amide bonds. The van der Waals surface area contributed by atoms with Crippen LogP contribution in [0.5, 0.6) is 5.75 Å². The van der Waals surface area contributed by atoms with Crippen LogP contribution in [-0.4, -0.2) is 41.9 Å². The van der Waals surface area contributed by atoms with Crippen LogP contribution in [0.3, 0.4) is 0 Å². The zero-order valence-corrected chi connectivity index (χ0v) is 12.3. The zero-order chi connectivity index (χ0) is 15.5. The maximum Gasteiger partial charge on any atom is 0.245 e. The molecular weight excluding hydrogens is 287 g/mol. The summed E-state index contributed by atoms with van der Waals surface area (Å²) < 4.78 is 18.7. The quantitative estimate of drug-likeness (QED) is 0.920. The number of benzene rings is 1. The number of hydrogen-bond acceptors (Lipinski definition) is 3. The molecule has 3 rings (SSSR count). The molecule has 1 N–H and O–H groups in total. The fraction of sp³-hybridized carbons (Fsp3) is 0.500. The van der Waals surface area contributed by atoms with E-state index in [-0.39, 0.29) is 29.8 Å². The fourth-order valence-corrected chi connectivity index (χ4v) is 2.92. The number of rotatable bonds is 3. The first-order valence-electron chi connectivity index (χ1n) is 7.62. The van der Waals surface area contributed by atoms with Gasteiger partial charge >= 0.3 is 0 Å². The summed E-state index contributed by atoms with van der Waals surface area (Å²) in [6.45, 7) is 1.24. The normalized spacial score (nSPS) is 22.5. The van der Waals surface area contributed by atoms with Gasteiger partial charge in [-0.1, -0.05) is 0 Å². The van der Waals surface area contributed by atoms with E-state index in [0.717, 1.165) is 12.8 Å². The number of nitrogens with zero attached hydrogens (tertiary/aromatic N) is 1. The Kier molecular flexibility index (Phi) is 4.27. The van der Waals surface area contributed by atoms with E-state index >= 15 is 0 Å². The van der Waals surface area contributed by atoms with Crippen LogP contribution in [0.15, 0.2) is 24.3 Å². The van der Waals surface area contributed by atoms with Crippen molar-refractivity contribution in [1.82, 2.24) is 10.2 Å². The van der Waals surface area contributed by atoms with E-state index < -0.39 is 0 Å². The lowest BCUT2D eigenvalue weighted by atomic mass is 10.1. The first kappa shape index (κ1) is 14.8. The van der Waals surface area contributed by atoms with Crippen LogP contribution in [0.25, 0.3) is 0 Å². The van der Waals surface area contributed by atoms with E-state index in [2.05, 4.69) is 5.32 Å². The van der Waals surface area contributed by atoms with Crippen molar-refractivity contribution in [2.24, 2.45) is 0 Å². The van der Waals surface area contributed by atoms with Gasteiger partial charge in [0.25, 0.3) is 0 Å². The smallest absolute Gasteiger partial charge is 0.245 e. The lowest BCUT2D eigenvalue weighted by Crippen LogP contribution is -2.49. The Bertz CT molecular complexity index is 553. The molecular formula is C16H19FN2O3. The molecule has 1 atom stereocenters. The van der Waals surface area contributed by atoms with Crippen LogP contribution in [0.1, 0.15) is 25.7 Å². The van der Waals surface area contributed by atoms with E-state index in [4.69, 9.17) is 4.74 Å². The summed E-state index contributed by atoms with van der Waals surface area (Å²) in [5, 5.41) is 2.71. The summed E-state index contributed by atoms with van der Waals surface area (Å²) >= 11 is 0. The fourth-order valence-electron chi connectivity index (χ4n) is 2.92. The molecule has 0 spiro atoms. The number of carbonyl (C=O) groups is 2. The van der Waals surface area contributed by atoms with Crippen molar-refractivity contribution in [3.05, 3.63) is 30.1 Å². The van der Waals surface area contributed by atoms with Gasteiger partial charge in [-0.2, -0.15) is 0 Å². The molecule has 2 fully saturated rings. The number of amides is 2. The summed E-state index contributed by atoms with van der Waals surface area (Å²) in [6, 6.07) is 5.61. The number of hydrogen-bond donors (Lipinski definition) is 1. The number of piperidine rings is 1. The van der Waals surface area contributed by atoms with Gasteiger partial charge < -0.3 is 15.0 Å². The number of nitrogens with one attached hydrogen (secondary N) is 1. The first-order valence-corrected chi connectivity index (χ1v) is 7.62. The summed E-state index contributed by atoms with van der Waals surface area (Å²) in [5.41, 5.74) is 0. The van der Waals surface area contributed by atoms with Gasteiger partial charge in [-0.05, 0) is 30.7 Å². The van der Waals surface area contributed by atoms with Crippen LogP contribution < -0.4 is 10.1 Å². The van der Waals surface area contributed by atoms with E-state index in [9.17, 15) is 14.0 Å². The zero-order valence-electron chi connectivity index (χ0n) is 12.3. The molecule has 5 nitrogen and oxygen atoms in total. The van der Waals surface area contributed by atoms with Crippen molar-refractivity contribution in [1.29, 1.82) is 0 Å². The molecule has 0 aromatic heterocycles. The minimum Gasteiger partial charge on any atom is -0.490 e.